The number of benzene rings is 2. The van der Waals surface area contributed by atoms with Crippen molar-refractivity contribution in [2.45, 2.75) is 0 Å². The lowest BCUT2D eigenvalue weighted by Gasteiger charge is -2.10. The third-order valence-corrected chi connectivity index (χ3v) is 4.24. The van der Waals surface area contributed by atoms with Crippen molar-refractivity contribution in [3.05, 3.63) is 94.3 Å². The zero-order valence-corrected chi connectivity index (χ0v) is 15.4. The van der Waals surface area contributed by atoms with Crippen LogP contribution in [0.4, 0.5) is 16.2 Å². The van der Waals surface area contributed by atoms with Crippen molar-refractivity contribution < 1.29 is 19.2 Å². The van der Waals surface area contributed by atoms with E-state index in [1.54, 1.807) is 60.7 Å². The Bertz CT molecular complexity index is 1140. The zero-order chi connectivity index (χ0) is 21.1. The topological polar surface area (TPSA) is 115 Å². The monoisotopic (exact) mass is 402 g/mol. The first-order chi connectivity index (χ1) is 14.5. The van der Waals surface area contributed by atoms with E-state index in [0.717, 1.165) is 11.1 Å². The van der Waals surface area contributed by atoms with Gasteiger partial charge in [-0.1, -0.05) is 30.3 Å². The van der Waals surface area contributed by atoms with Crippen LogP contribution >= 0.6 is 0 Å². The van der Waals surface area contributed by atoms with Gasteiger partial charge in [-0.25, -0.2) is 14.7 Å². The van der Waals surface area contributed by atoms with E-state index in [1.165, 1.54) is 12.1 Å². The van der Waals surface area contributed by atoms with Gasteiger partial charge in [0.1, 0.15) is 17.6 Å². The van der Waals surface area contributed by atoms with Gasteiger partial charge >= 0.3 is 6.03 Å². The average Bonchev–Trinajstić information content (AvgIpc) is 3.03. The van der Waals surface area contributed by atoms with Crippen molar-refractivity contribution in [2.24, 2.45) is 0 Å². The molecule has 0 aliphatic carbocycles. The summed E-state index contributed by atoms with van der Waals surface area (Å²) < 4.78 is 5.55. The van der Waals surface area contributed by atoms with Gasteiger partial charge in [-0.3, -0.25) is 14.9 Å². The summed E-state index contributed by atoms with van der Waals surface area (Å²) in [5.41, 5.74) is 1.20. The molecule has 1 aliphatic heterocycles. The number of pyridine rings is 1. The number of anilines is 1. The van der Waals surface area contributed by atoms with Crippen molar-refractivity contribution >= 4 is 29.4 Å². The molecule has 0 atom stereocenters. The second-order valence-corrected chi connectivity index (χ2v) is 6.25. The number of nitrogens with zero attached hydrogens (tertiary/aromatic N) is 3. The second-order valence-electron chi connectivity index (χ2n) is 6.25. The van der Waals surface area contributed by atoms with E-state index in [-0.39, 0.29) is 17.3 Å². The van der Waals surface area contributed by atoms with Gasteiger partial charge in [0, 0.05) is 12.1 Å². The Morgan fingerprint density at radius 1 is 1.00 bits per heavy atom. The van der Waals surface area contributed by atoms with Gasteiger partial charge in [0.05, 0.1) is 10.6 Å². The van der Waals surface area contributed by atoms with Crippen molar-refractivity contribution in [2.75, 3.05) is 4.90 Å². The number of rotatable bonds is 5. The Morgan fingerprint density at radius 2 is 1.73 bits per heavy atom. The molecule has 1 aliphatic rings. The van der Waals surface area contributed by atoms with Crippen LogP contribution in [0.3, 0.4) is 0 Å². The van der Waals surface area contributed by atoms with E-state index < -0.39 is 16.9 Å². The smallest absolute Gasteiger partial charge is 0.333 e. The highest BCUT2D eigenvalue weighted by molar-refractivity contribution is 6.28. The molecule has 9 nitrogen and oxygen atoms in total. The highest BCUT2D eigenvalue weighted by atomic mass is 16.6. The summed E-state index contributed by atoms with van der Waals surface area (Å²) in [7, 11) is 0. The van der Waals surface area contributed by atoms with Crippen LogP contribution in [0.25, 0.3) is 6.08 Å². The van der Waals surface area contributed by atoms with E-state index in [2.05, 4.69) is 10.3 Å². The molecular weight excluding hydrogens is 388 g/mol. The fraction of sp³-hybridized carbons (Fsp3) is 0. The SMILES string of the molecule is O=C1NC(=Cc2ccc(Oc3ccc([N+](=O)[O-])cn3)cc2)C(=O)N1c1ccccc1. The van der Waals surface area contributed by atoms with Crippen LogP contribution < -0.4 is 15.0 Å². The van der Waals surface area contributed by atoms with Crippen LogP contribution in [0.2, 0.25) is 0 Å². The first-order valence-electron chi connectivity index (χ1n) is 8.82. The molecule has 0 bridgehead atoms. The lowest BCUT2D eigenvalue weighted by atomic mass is 10.2. The minimum atomic E-state index is -0.541. The van der Waals surface area contributed by atoms with Crippen molar-refractivity contribution in [3.63, 3.8) is 0 Å². The van der Waals surface area contributed by atoms with Crippen molar-refractivity contribution in [3.8, 4) is 11.6 Å². The number of aromatic nitrogens is 1. The van der Waals surface area contributed by atoms with Crippen molar-refractivity contribution in [1.82, 2.24) is 10.3 Å². The van der Waals surface area contributed by atoms with E-state index >= 15 is 0 Å². The van der Waals surface area contributed by atoms with Crippen molar-refractivity contribution in [1.29, 1.82) is 0 Å². The lowest BCUT2D eigenvalue weighted by Crippen LogP contribution is -2.30. The average molecular weight is 402 g/mol. The molecular formula is C21H14N4O5. The highest BCUT2D eigenvalue weighted by Crippen LogP contribution is 2.24. The van der Waals surface area contributed by atoms with E-state index in [0.29, 0.717) is 17.0 Å². The molecule has 1 fully saturated rings. The quantitative estimate of drug-likeness (QED) is 0.300. The molecule has 3 aromatic rings. The van der Waals surface area contributed by atoms with Crippen LogP contribution in [0, 0.1) is 10.1 Å². The largest absolute Gasteiger partial charge is 0.439 e. The number of hydrogen-bond donors (Lipinski definition) is 1. The summed E-state index contributed by atoms with van der Waals surface area (Å²) in [6.07, 6.45) is 2.68. The number of carbonyl (C=O) groups excluding carboxylic acids is 2. The summed E-state index contributed by atoms with van der Waals surface area (Å²) >= 11 is 0. The number of imide groups is 1. The standard InChI is InChI=1S/C21H14N4O5/c26-20-18(23-21(27)24(20)15-4-2-1-3-5-15)12-14-6-9-17(10-7-14)30-19-11-8-16(13-22-19)25(28)29/h1-13H,(H,23,27). The molecule has 1 N–H and O–H groups in total. The van der Waals surface area contributed by atoms with Gasteiger partial charge in [0.15, 0.2) is 0 Å². The lowest BCUT2D eigenvalue weighted by molar-refractivity contribution is -0.385. The van der Waals surface area contributed by atoms with Gasteiger partial charge in [-0.15, -0.1) is 0 Å². The van der Waals surface area contributed by atoms with Gasteiger partial charge < -0.3 is 10.1 Å². The first-order valence-corrected chi connectivity index (χ1v) is 8.82. The summed E-state index contributed by atoms with van der Waals surface area (Å²) in [5.74, 6) is 0.233. The fourth-order valence-electron chi connectivity index (χ4n) is 2.81. The first kappa shape index (κ1) is 18.8. The molecule has 2 aromatic carbocycles. The number of amides is 3. The predicted molar refractivity (Wildman–Crippen MR) is 108 cm³/mol. The van der Waals surface area contributed by atoms with Crippen LogP contribution in [-0.2, 0) is 4.79 Å². The number of urea groups is 1. The predicted octanol–water partition coefficient (Wildman–Crippen LogP) is 3.88. The van der Waals surface area contributed by atoms with Crippen LogP contribution in [0.1, 0.15) is 5.56 Å². The van der Waals surface area contributed by atoms with Gasteiger partial charge in [0.25, 0.3) is 11.6 Å². The Hall–Kier alpha value is -4.53. The van der Waals surface area contributed by atoms with E-state index in [1.807, 2.05) is 0 Å². The molecule has 9 heteroatoms. The number of hydrogen-bond acceptors (Lipinski definition) is 6. The highest BCUT2D eigenvalue weighted by Gasteiger charge is 2.34. The molecule has 3 amide bonds. The number of nitro groups is 1. The molecule has 2 heterocycles. The molecule has 1 aromatic heterocycles. The number of carbonyl (C=O) groups is 2. The molecule has 148 valence electrons. The summed E-state index contributed by atoms with van der Waals surface area (Å²) in [6.45, 7) is 0. The Balaban J connectivity index is 1.48. The molecule has 0 unspecified atom stereocenters. The number of nitrogens with one attached hydrogen (secondary N) is 1. The third-order valence-electron chi connectivity index (χ3n) is 4.24. The van der Waals surface area contributed by atoms with Gasteiger partial charge in [0.2, 0.25) is 5.88 Å². The minimum absolute atomic E-state index is 0.128. The maximum Gasteiger partial charge on any atom is 0.333 e. The Labute approximate surface area is 170 Å². The molecule has 0 spiro atoms. The summed E-state index contributed by atoms with van der Waals surface area (Å²) in [5, 5.41) is 13.2. The second kappa shape index (κ2) is 7.84. The maximum absolute atomic E-state index is 12.6. The molecule has 30 heavy (non-hydrogen) atoms. The normalized spacial score (nSPS) is 14.7. The van der Waals surface area contributed by atoms with Gasteiger partial charge in [-0.05, 0) is 35.9 Å². The Morgan fingerprint density at radius 3 is 2.37 bits per heavy atom. The van der Waals surface area contributed by atoms with Crippen LogP contribution in [-0.4, -0.2) is 21.8 Å². The van der Waals surface area contributed by atoms with E-state index in [9.17, 15) is 19.7 Å². The number of para-hydroxylation sites is 1. The maximum atomic E-state index is 12.6. The number of ether oxygens (including phenoxy) is 1. The summed E-state index contributed by atoms with van der Waals surface area (Å²) in [6, 6.07) is 17.6. The van der Waals surface area contributed by atoms with Gasteiger partial charge in [-0.2, -0.15) is 0 Å². The summed E-state index contributed by atoms with van der Waals surface area (Å²) in [4.78, 5) is 39.9. The molecule has 0 radical (unpaired) electrons. The molecule has 4 rings (SSSR count). The molecule has 0 saturated carbocycles. The van der Waals surface area contributed by atoms with E-state index in [4.69, 9.17) is 4.74 Å². The minimum Gasteiger partial charge on any atom is -0.439 e. The van der Waals surface area contributed by atoms with Crippen LogP contribution in [0.5, 0.6) is 11.6 Å². The fourth-order valence-corrected chi connectivity index (χ4v) is 2.81. The third kappa shape index (κ3) is 3.85. The van der Waals surface area contributed by atoms with Crippen LogP contribution in [0.15, 0.2) is 78.6 Å². The zero-order valence-electron chi connectivity index (χ0n) is 15.4. The Kier molecular flexibility index (Phi) is 4.92. The molecule has 1 saturated heterocycles.